The SMILES string of the molecule is CCCC[C@H](NC(=O)N(C)c1ccccc1C)C(=O)O. The summed E-state index contributed by atoms with van der Waals surface area (Å²) in [6.07, 6.45) is 2.11. The lowest BCUT2D eigenvalue weighted by Gasteiger charge is -2.22. The van der Waals surface area contributed by atoms with Gasteiger partial charge in [-0.25, -0.2) is 9.59 Å². The van der Waals surface area contributed by atoms with Gasteiger partial charge in [-0.2, -0.15) is 0 Å². The number of para-hydroxylation sites is 1. The molecule has 0 aliphatic heterocycles. The van der Waals surface area contributed by atoms with E-state index >= 15 is 0 Å². The number of nitrogens with one attached hydrogen (secondary N) is 1. The Morgan fingerprint density at radius 2 is 2.00 bits per heavy atom. The molecule has 0 aliphatic carbocycles. The molecule has 5 heteroatoms. The van der Waals surface area contributed by atoms with Crippen LogP contribution >= 0.6 is 0 Å². The first-order valence-electron chi connectivity index (χ1n) is 6.80. The second kappa shape index (κ2) is 7.53. The maximum atomic E-state index is 12.1. The van der Waals surface area contributed by atoms with E-state index in [1.807, 2.05) is 38.1 Å². The van der Waals surface area contributed by atoms with Gasteiger partial charge in [0.25, 0.3) is 0 Å². The summed E-state index contributed by atoms with van der Waals surface area (Å²) < 4.78 is 0. The largest absolute Gasteiger partial charge is 0.480 e. The molecule has 0 saturated carbocycles. The molecule has 0 spiro atoms. The number of nitrogens with zero attached hydrogens (tertiary/aromatic N) is 1. The van der Waals surface area contributed by atoms with Gasteiger partial charge in [0.2, 0.25) is 0 Å². The van der Waals surface area contributed by atoms with Crippen LogP contribution in [0.4, 0.5) is 10.5 Å². The maximum absolute atomic E-state index is 12.1. The van der Waals surface area contributed by atoms with Crippen LogP contribution in [0.1, 0.15) is 31.7 Å². The van der Waals surface area contributed by atoms with E-state index in [9.17, 15) is 9.59 Å². The highest BCUT2D eigenvalue weighted by atomic mass is 16.4. The second-order valence-electron chi connectivity index (χ2n) is 4.83. The van der Waals surface area contributed by atoms with Crippen molar-refractivity contribution in [2.45, 2.75) is 39.2 Å². The Labute approximate surface area is 119 Å². The summed E-state index contributed by atoms with van der Waals surface area (Å²) in [6, 6.07) is 6.24. The number of carbonyl (C=O) groups excluding carboxylic acids is 1. The average Bonchev–Trinajstić information content (AvgIpc) is 2.42. The number of aliphatic carboxylic acids is 1. The van der Waals surface area contributed by atoms with E-state index in [1.54, 1.807) is 7.05 Å². The molecule has 0 unspecified atom stereocenters. The first kappa shape index (κ1) is 16.0. The molecule has 110 valence electrons. The molecule has 20 heavy (non-hydrogen) atoms. The summed E-state index contributed by atoms with van der Waals surface area (Å²) in [7, 11) is 1.64. The predicted octanol–water partition coefficient (Wildman–Crippen LogP) is 2.78. The van der Waals surface area contributed by atoms with Crippen LogP contribution in [0.3, 0.4) is 0 Å². The van der Waals surface area contributed by atoms with E-state index < -0.39 is 18.0 Å². The standard InChI is InChI=1S/C15H22N2O3/c1-4-5-9-12(14(18)19)16-15(20)17(3)13-10-7-6-8-11(13)2/h6-8,10,12H,4-5,9H2,1-3H3,(H,16,20)(H,18,19)/t12-/m0/s1. The molecule has 0 aromatic heterocycles. The van der Waals surface area contributed by atoms with Crippen LogP contribution in [-0.4, -0.2) is 30.2 Å². The van der Waals surface area contributed by atoms with E-state index in [0.717, 1.165) is 24.1 Å². The van der Waals surface area contributed by atoms with Crippen molar-refractivity contribution in [2.24, 2.45) is 0 Å². The van der Waals surface area contributed by atoms with Gasteiger partial charge in [0.15, 0.2) is 0 Å². The number of benzene rings is 1. The van der Waals surface area contributed by atoms with Gasteiger partial charge >= 0.3 is 12.0 Å². The van der Waals surface area contributed by atoms with Gasteiger partial charge in [0.05, 0.1) is 0 Å². The highest BCUT2D eigenvalue weighted by molar-refractivity contribution is 5.94. The van der Waals surface area contributed by atoms with Crippen LogP contribution in [0.15, 0.2) is 24.3 Å². The Morgan fingerprint density at radius 1 is 1.35 bits per heavy atom. The second-order valence-corrected chi connectivity index (χ2v) is 4.83. The highest BCUT2D eigenvalue weighted by Crippen LogP contribution is 2.18. The average molecular weight is 278 g/mol. The molecule has 2 N–H and O–H groups in total. The summed E-state index contributed by atoms with van der Waals surface area (Å²) in [5, 5.41) is 11.7. The molecule has 0 aliphatic rings. The summed E-state index contributed by atoms with van der Waals surface area (Å²) in [6.45, 7) is 3.89. The molecule has 0 fully saturated rings. The van der Waals surface area contributed by atoms with Crippen molar-refractivity contribution in [3.8, 4) is 0 Å². The number of amides is 2. The molecule has 0 saturated heterocycles. The Morgan fingerprint density at radius 3 is 2.55 bits per heavy atom. The number of urea groups is 1. The van der Waals surface area contributed by atoms with E-state index in [-0.39, 0.29) is 0 Å². The molecule has 2 amide bonds. The lowest BCUT2D eigenvalue weighted by Crippen LogP contribution is -2.47. The van der Waals surface area contributed by atoms with E-state index in [0.29, 0.717) is 6.42 Å². The molecule has 0 radical (unpaired) electrons. The number of carboxylic acids is 1. The molecule has 1 rings (SSSR count). The number of carbonyl (C=O) groups is 2. The zero-order valence-electron chi connectivity index (χ0n) is 12.2. The van der Waals surface area contributed by atoms with Gasteiger partial charge in [0.1, 0.15) is 6.04 Å². The summed E-state index contributed by atoms with van der Waals surface area (Å²) >= 11 is 0. The number of hydrogen-bond acceptors (Lipinski definition) is 2. The number of anilines is 1. The van der Waals surface area contributed by atoms with Crippen molar-refractivity contribution in [2.75, 3.05) is 11.9 Å². The van der Waals surface area contributed by atoms with Crippen LogP contribution < -0.4 is 10.2 Å². The molecular formula is C15H22N2O3. The Balaban J connectivity index is 2.73. The minimum Gasteiger partial charge on any atom is -0.480 e. The summed E-state index contributed by atoms with van der Waals surface area (Å²) in [5.41, 5.74) is 1.73. The van der Waals surface area contributed by atoms with E-state index in [2.05, 4.69) is 5.32 Å². The Bertz CT molecular complexity index is 474. The van der Waals surface area contributed by atoms with Crippen LogP contribution in [0.5, 0.6) is 0 Å². The normalized spacial score (nSPS) is 11.8. The molecule has 1 aromatic carbocycles. The number of unbranched alkanes of at least 4 members (excludes halogenated alkanes) is 1. The smallest absolute Gasteiger partial charge is 0.326 e. The number of aryl methyl sites for hydroxylation is 1. The van der Waals surface area contributed by atoms with Gasteiger partial charge in [-0.1, -0.05) is 38.0 Å². The van der Waals surface area contributed by atoms with Gasteiger partial charge < -0.3 is 10.4 Å². The fraction of sp³-hybridized carbons (Fsp3) is 0.467. The van der Waals surface area contributed by atoms with Crippen molar-refractivity contribution in [1.29, 1.82) is 0 Å². The Kier molecular flexibility index (Phi) is 6.03. The monoisotopic (exact) mass is 278 g/mol. The molecule has 0 bridgehead atoms. The minimum atomic E-state index is -0.995. The van der Waals surface area contributed by atoms with Gasteiger partial charge in [-0.3, -0.25) is 4.90 Å². The van der Waals surface area contributed by atoms with E-state index in [1.165, 1.54) is 4.90 Å². The zero-order chi connectivity index (χ0) is 15.1. The lowest BCUT2D eigenvalue weighted by atomic mass is 10.1. The predicted molar refractivity (Wildman–Crippen MR) is 79.1 cm³/mol. The number of rotatable bonds is 6. The van der Waals surface area contributed by atoms with Crippen LogP contribution in [-0.2, 0) is 4.79 Å². The molecule has 5 nitrogen and oxygen atoms in total. The van der Waals surface area contributed by atoms with Crippen LogP contribution in [0, 0.1) is 6.92 Å². The topological polar surface area (TPSA) is 69.6 Å². The van der Waals surface area contributed by atoms with E-state index in [4.69, 9.17) is 5.11 Å². The number of hydrogen-bond donors (Lipinski definition) is 2. The van der Waals surface area contributed by atoms with Crippen molar-refractivity contribution in [3.63, 3.8) is 0 Å². The minimum absolute atomic E-state index is 0.400. The maximum Gasteiger partial charge on any atom is 0.326 e. The summed E-state index contributed by atoms with van der Waals surface area (Å²) in [5.74, 6) is -0.995. The molecular weight excluding hydrogens is 256 g/mol. The van der Waals surface area contributed by atoms with Crippen molar-refractivity contribution >= 4 is 17.7 Å². The van der Waals surface area contributed by atoms with Crippen molar-refractivity contribution < 1.29 is 14.7 Å². The zero-order valence-corrected chi connectivity index (χ0v) is 12.2. The van der Waals surface area contributed by atoms with Gasteiger partial charge in [-0.05, 0) is 25.0 Å². The Hall–Kier alpha value is -2.04. The molecule has 1 atom stereocenters. The van der Waals surface area contributed by atoms with Crippen LogP contribution in [0.2, 0.25) is 0 Å². The van der Waals surface area contributed by atoms with Crippen molar-refractivity contribution in [3.05, 3.63) is 29.8 Å². The van der Waals surface area contributed by atoms with Crippen molar-refractivity contribution in [1.82, 2.24) is 5.32 Å². The third-order valence-corrected chi connectivity index (χ3v) is 3.22. The van der Waals surface area contributed by atoms with Gasteiger partial charge in [0, 0.05) is 12.7 Å². The lowest BCUT2D eigenvalue weighted by molar-refractivity contribution is -0.139. The fourth-order valence-corrected chi connectivity index (χ4v) is 1.96. The highest BCUT2D eigenvalue weighted by Gasteiger charge is 2.22. The van der Waals surface area contributed by atoms with Gasteiger partial charge in [-0.15, -0.1) is 0 Å². The third-order valence-electron chi connectivity index (χ3n) is 3.22. The fourth-order valence-electron chi connectivity index (χ4n) is 1.96. The first-order valence-corrected chi connectivity index (χ1v) is 6.80. The summed E-state index contributed by atoms with van der Waals surface area (Å²) in [4.78, 5) is 24.7. The molecule has 0 heterocycles. The quantitative estimate of drug-likeness (QED) is 0.840. The number of carboxylic acid groups (broad SMARTS) is 1. The molecule has 1 aromatic rings. The third kappa shape index (κ3) is 4.26. The van der Waals surface area contributed by atoms with Crippen LogP contribution in [0.25, 0.3) is 0 Å². The first-order chi connectivity index (χ1) is 9.47.